The molecule has 2 aliphatic rings. The number of hydrogen-bond acceptors (Lipinski definition) is 3. The van der Waals surface area contributed by atoms with E-state index in [-0.39, 0.29) is 5.56 Å². The molecule has 0 saturated heterocycles. The van der Waals surface area contributed by atoms with Gasteiger partial charge < -0.3 is 10.2 Å². The Bertz CT molecular complexity index is 565. The van der Waals surface area contributed by atoms with E-state index in [0.29, 0.717) is 17.4 Å². The van der Waals surface area contributed by atoms with Crippen LogP contribution in [0.2, 0.25) is 0 Å². The zero-order chi connectivity index (χ0) is 13.6. The molecular weight excluding hydrogens is 247 g/mol. The molecule has 1 fully saturated rings. The van der Waals surface area contributed by atoms with Gasteiger partial charge in [-0.15, -0.1) is 0 Å². The average molecular weight is 262 g/mol. The lowest BCUT2D eigenvalue weighted by Gasteiger charge is -2.27. The first-order chi connectivity index (χ1) is 9.08. The van der Waals surface area contributed by atoms with Gasteiger partial charge in [0.25, 0.3) is 11.7 Å². The highest BCUT2D eigenvalue weighted by Crippen LogP contribution is 2.34. The number of amides is 1. The first kappa shape index (κ1) is 12.1. The molecule has 0 atom stereocenters. The Balaban J connectivity index is 1.97. The largest absolute Gasteiger partial charge is 0.369 e. The summed E-state index contributed by atoms with van der Waals surface area (Å²) in [5, 5.41) is 2.48. The Morgan fingerprint density at radius 3 is 2.63 bits per heavy atom. The molecule has 0 unspecified atom stereocenters. The number of benzene rings is 1. The number of fused-ring (bicyclic) bond motifs is 1. The van der Waals surface area contributed by atoms with Crippen LogP contribution in [-0.2, 0) is 4.79 Å². The van der Waals surface area contributed by atoms with Crippen LogP contribution in [0.5, 0.6) is 0 Å². The summed E-state index contributed by atoms with van der Waals surface area (Å²) in [5.74, 6) is -1.79. The van der Waals surface area contributed by atoms with E-state index in [1.54, 1.807) is 6.07 Å². The van der Waals surface area contributed by atoms with Crippen LogP contribution in [0.15, 0.2) is 12.1 Å². The summed E-state index contributed by atoms with van der Waals surface area (Å²) in [6.45, 7) is 0. The number of nitrogens with zero attached hydrogens (tertiary/aromatic N) is 1. The van der Waals surface area contributed by atoms with Crippen LogP contribution in [0.1, 0.15) is 36.0 Å². The summed E-state index contributed by atoms with van der Waals surface area (Å²) in [7, 11) is 1.86. The molecule has 1 amide bonds. The third kappa shape index (κ3) is 1.89. The second-order valence-electron chi connectivity index (χ2n) is 5.18. The Morgan fingerprint density at radius 2 is 1.95 bits per heavy atom. The third-order valence-corrected chi connectivity index (χ3v) is 4.04. The summed E-state index contributed by atoms with van der Waals surface area (Å²) < 4.78 is 14.1. The van der Waals surface area contributed by atoms with Crippen molar-refractivity contribution in [3.63, 3.8) is 0 Å². The first-order valence-corrected chi connectivity index (χ1v) is 6.50. The summed E-state index contributed by atoms with van der Waals surface area (Å²) >= 11 is 0. The van der Waals surface area contributed by atoms with Crippen molar-refractivity contribution in [2.75, 3.05) is 17.3 Å². The molecule has 0 bridgehead atoms. The zero-order valence-electron chi connectivity index (χ0n) is 10.7. The van der Waals surface area contributed by atoms with Gasteiger partial charge in [-0.3, -0.25) is 9.59 Å². The van der Waals surface area contributed by atoms with Crippen molar-refractivity contribution in [1.29, 1.82) is 0 Å². The van der Waals surface area contributed by atoms with E-state index >= 15 is 0 Å². The van der Waals surface area contributed by atoms with Crippen LogP contribution in [0.3, 0.4) is 0 Å². The Morgan fingerprint density at radius 1 is 1.26 bits per heavy atom. The van der Waals surface area contributed by atoms with E-state index < -0.39 is 17.5 Å². The number of ketones is 1. The maximum Gasteiger partial charge on any atom is 0.296 e. The Labute approximate surface area is 110 Å². The molecule has 0 radical (unpaired) electrons. The van der Waals surface area contributed by atoms with E-state index in [9.17, 15) is 14.0 Å². The van der Waals surface area contributed by atoms with Gasteiger partial charge in [-0.1, -0.05) is 12.8 Å². The Hall–Kier alpha value is -1.91. The maximum absolute atomic E-state index is 14.1. The average Bonchev–Trinajstić information content (AvgIpc) is 3.00. The van der Waals surface area contributed by atoms with Crippen molar-refractivity contribution in [1.82, 2.24) is 0 Å². The van der Waals surface area contributed by atoms with Gasteiger partial charge in [-0.25, -0.2) is 4.39 Å². The van der Waals surface area contributed by atoms with Crippen molar-refractivity contribution < 1.29 is 14.0 Å². The van der Waals surface area contributed by atoms with Gasteiger partial charge in [-0.2, -0.15) is 0 Å². The fraction of sp³-hybridized carbons (Fsp3) is 0.429. The van der Waals surface area contributed by atoms with E-state index in [2.05, 4.69) is 5.32 Å². The predicted molar refractivity (Wildman–Crippen MR) is 70.0 cm³/mol. The molecule has 0 spiro atoms. The second kappa shape index (κ2) is 4.33. The number of Topliss-reactive ketones (excluding diaryl/α,β-unsaturated/α-hetero) is 1. The second-order valence-corrected chi connectivity index (χ2v) is 5.18. The van der Waals surface area contributed by atoms with Crippen molar-refractivity contribution in [3.8, 4) is 0 Å². The smallest absolute Gasteiger partial charge is 0.296 e. The van der Waals surface area contributed by atoms with Crippen molar-refractivity contribution in [2.24, 2.45) is 0 Å². The molecule has 1 aromatic carbocycles. The summed E-state index contributed by atoms with van der Waals surface area (Å²) in [6.07, 6.45) is 4.43. The van der Waals surface area contributed by atoms with Crippen molar-refractivity contribution in [2.45, 2.75) is 31.7 Å². The molecule has 100 valence electrons. The summed E-state index contributed by atoms with van der Waals surface area (Å²) in [4.78, 5) is 24.7. The molecule has 1 saturated carbocycles. The first-order valence-electron chi connectivity index (χ1n) is 6.50. The lowest BCUT2D eigenvalue weighted by Crippen LogP contribution is -2.29. The maximum atomic E-state index is 14.1. The van der Waals surface area contributed by atoms with Crippen LogP contribution in [0, 0.1) is 5.82 Å². The van der Waals surface area contributed by atoms with Crippen LogP contribution in [0.25, 0.3) is 0 Å². The van der Waals surface area contributed by atoms with Crippen LogP contribution < -0.4 is 10.2 Å². The standard InChI is InChI=1S/C14H15FN2O2/c1-17(8-4-2-3-5-8)12-7-11-9(6-10(12)15)13(18)14(19)16-11/h6-8H,2-5H2,1H3,(H,16,18,19). The number of hydrogen-bond donors (Lipinski definition) is 1. The number of carbonyl (C=O) groups excluding carboxylic acids is 2. The molecule has 3 rings (SSSR count). The minimum absolute atomic E-state index is 0.131. The number of carbonyl (C=O) groups is 2. The minimum atomic E-state index is -0.685. The molecule has 0 aromatic heterocycles. The molecular formula is C14H15FN2O2. The topological polar surface area (TPSA) is 49.4 Å². The van der Waals surface area contributed by atoms with E-state index in [1.165, 1.54) is 0 Å². The monoisotopic (exact) mass is 262 g/mol. The molecule has 1 aliphatic heterocycles. The van der Waals surface area contributed by atoms with Crippen molar-refractivity contribution >= 4 is 23.1 Å². The SMILES string of the molecule is CN(c1cc2c(cc1F)C(=O)C(=O)N2)C1CCCC1. The van der Waals surface area contributed by atoms with Gasteiger partial charge in [0.1, 0.15) is 5.82 Å². The Kier molecular flexibility index (Phi) is 2.77. The minimum Gasteiger partial charge on any atom is -0.369 e. The summed E-state index contributed by atoms with van der Waals surface area (Å²) in [5.41, 5.74) is 0.989. The van der Waals surface area contributed by atoms with Gasteiger partial charge in [0, 0.05) is 13.1 Å². The molecule has 19 heavy (non-hydrogen) atoms. The van der Waals surface area contributed by atoms with Crippen LogP contribution in [-0.4, -0.2) is 24.8 Å². The van der Waals surface area contributed by atoms with Gasteiger partial charge in [0.2, 0.25) is 0 Å². The summed E-state index contributed by atoms with van der Waals surface area (Å²) in [6, 6.07) is 3.06. The number of nitrogens with one attached hydrogen (secondary N) is 1. The molecule has 1 N–H and O–H groups in total. The number of rotatable bonds is 2. The highest BCUT2D eigenvalue weighted by atomic mass is 19.1. The normalized spacial score (nSPS) is 18.6. The fourth-order valence-corrected chi connectivity index (χ4v) is 2.91. The van der Waals surface area contributed by atoms with E-state index in [4.69, 9.17) is 0 Å². The van der Waals surface area contributed by atoms with Crippen molar-refractivity contribution in [3.05, 3.63) is 23.5 Å². The molecule has 1 aliphatic carbocycles. The number of anilines is 2. The van der Waals surface area contributed by atoms with E-state index in [0.717, 1.165) is 31.7 Å². The lowest BCUT2D eigenvalue weighted by molar-refractivity contribution is -0.112. The van der Waals surface area contributed by atoms with Gasteiger partial charge in [-0.05, 0) is 25.0 Å². The molecule has 1 heterocycles. The molecule has 1 aromatic rings. The quantitative estimate of drug-likeness (QED) is 0.832. The van der Waals surface area contributed by atoms with Gasteiger partial charge >= 0.3 is 0 Å². The van der Waals surface area contributed by atoms with E-state index in [1.807, 2.05) is 11.9 Å². The highest BCUT2D eigenvalue weighted by molar-refractivity contribution is 6.51. The lowest BCUT2D eigenvalue weighted by atomic mass is 10.1. The third-order valence-electron chi connectivity index (χ3n) is 4.04. The van der Waals surface area contributed by atoms with Gasteiger partial charge in [0.05, 0.1) is 16.9 Å². The highest BCUT2D eigenvalue weighted by Gasteiger charge is 2.31. The fourth-order valence-electron chi connectivity index (χ4n) is 2.91. The zero-order valence-corrected chi connectivity index (χ0v) is 10.7. The van der Waals surface area contributed by atoms with Gasteiger partial charge in [0.15, 0.2) is 0 Å². The van der Waals surface area contributed by atoms with Crippen LogP contribution in [0.4, 0.5) is 15.8 Å². The number of halogens is 1. The predicted octanol–water partition coefficient (Wildman–Crippen LogP) is 2.34. The molecule has 4 nitrogen and oxygen atoms in total. The molecule has 5 heteroatoms. The van der Waals surface area contributed by atoms with Crippen LogP contribution >= 0.6 is 0 Å².